The predicted octanol–water partition coefficient (Wildman–Crippen LogP) is 3.23. The van der Waals surface area contributed by atoms with Gasteiger partial charge in [0.2, 0.25) is 0 Å². The Kier molecular flexibility index (Phi) is 5.27. The molecule has 0 saturated heterocycles. The molecule has 4 heteroatoms. The standard InChI is InChI=1S/C16H23NO3/c1-3-20-16(18)12-5-4-6-14(11-12)17-13-7-9-15(19-2)10-8-13/h7-10,12,14,17H,3-6,11H2,1-2H3. The molecule has 0 spiro atoms. The van der Waals surface area contributed by atoms with Gasteiger partial charge in [0.05, 0.1) is 19.6 Å². The average Bonchev–Trinajstić information content (AvgIpc) is 2.48. The molecule has 0 aromatic heterocycles. The lowest BCUT2D eigenvalue weighted by molar-refractivity contribution is -0.149. The van der Waals surface area contributed by atoms with Crippen LogP contribution in [0.5, 0.6) is 5.75 Å². The maximum atomic E-state index is 11.8. The third-order valence-corrected chi connectivity index (χ3v) is 3.75. The van der Waals surface area contributed by atoms with E-state index in [1.54, 1.807) is 7.11 Å². The Hall–Kier alpha value is -1.71. The molecule has 1 saturated carbocycles. The van der Waals surface area contributed by atoms with Gasteiger partial charge < -0.3 is 14.8 Å². The topological polar surface area (TPSA) is 47.6 Å². The van der Waals surface area contributed by atoms with E-state index >= 15 is 0 Å². The zero-order valence-corrected chi connectivity index (χ0v) is 12.2. The largest absolute Gasteiger partial charge is 0.497 e. The van der Waals surface area contributed by atoms with Crippen molar-refractivity contribution in [3.8, 4) is 5.75 Å². The first-order valence-corrected chi connectivity index (χ1v) is 7.30. The van der Waals surface area contributed by atoms with E-state index in [-0.39, 0.29) is 11.9 Å². The van der Waals surface area contributed by atoms with Crippen molar-refractivity contribution in [3.63, 3.8) is 0 Å². The first-order valence-electron chi connectivity index (χ1n) is 7.30. The lowest BCUT2D eigenvalue weighted by atomic mass is 9.85. The van der Waals surface area contributed by atoms with Crippen LogP contribution in [0.3, 0.4) is 0 Å². The van der Waals surface area contributed by atoms with Crippen molar-refractivity contribution in [2.75, 3.05) is 19.0 Å². The molecule has 4 nitrogen and oxygen atoms in total. The Balaban J connectivity index is 1.90. The number of hydrogen-bond donors (Lipinski definition) is 1. The highest BCUT2D eigenvalue weighted by Crippen LogP contribution is 2.28. The minimum Gasteiger partial charge on any atom is -0.497 e. The van der Waals surface area contributed by atoms with Gasteiger partial charge in [-0.05, 0) is 50.5 Å². The summed E-state index contributed by atoms with van der Waals surface area (Å²) in [5, 5.41) is 3.50. The van der Waals surface area contributed by atoms with Crippen molar-refractivity contribution in [1.29, 1.82) is 0 Å². The average molecular weight is 277 g/mol. The summed E-state index contributed by atoms with van der Waals surface area (Å²) in [5.74, 6) is 0.844. The van der Waals surface area contributed by atoms with Gasteiger partial charge in [-0.2, -0.15) is 0 Å². The van der Waals surface area contributed by atoms with Crippen molar-refractivity contribution in [3.05, 3.63) is 24.3 Å². The summed E-state index contributed by atoms with van der Waals surface area (Å²) < 4.78 is 10.3. The smallest absolute Gasteiger partial charge is 0.308 e. The number of anilines is 1. The summed E-state index contributed by atoms with van der Waals surface area (Å²) in [7, 11) is 1.66. The minimum absolute atomic E-state index is 0.0412. The normalized spacial score (nSPS) is 22.1. The van der Waals surface area contributed by atoms with Crippen LogP contribution in [0.2, 0.25) is 0 Å². The van der Waals surface area contributed by atoms with Crippen molar-refractivity contribution in [2.45, 2.75) is 38.6 Å². The van der Waals surface area contributed by atoms with E-state index in [0.717, 1.165) is 37.1 Å². The molecule has 0 amide bonds. The van der Waals surface area contributed by atoms with E-state index in [9.17, 15) is 4.79 Å². The van der Waals surface area contributed by atoms with Crippen LogP contribution in [-0.4, -0.2) is 25.7 Å². The third kappa shape index (κ3) is 3.89. The SMILES string of the molecule is CCOC(=O)C1CCCC(Nc2ccc(OC)cc2)C1. The van der Waals surface area contributed by atoms with Gasteiger partial charge in [0, 0.05) is 11.7 Å². The monoisotopic (exact) mass is 277 g/mol. The molecule has 110 valence electrons. The van der Waals surface area contributed by atoms with E-state index in [4.69, 9.17) is 9.47 Å². The molecule has 0 aliphatic heterocycles. The van der Waals surface area contributed by atoms with Crippen molar-refractivity contribution in [2.24, 2.45) is 5.92 Å². The number of carbonyl (C=O) groups is 1. The van der Waals surface area contributed by atoms with Gasteiger partial charge in [-0.25, -0.2) is 0 Å². The number of rotatable bonds is 5. The van der Waals surface area contributed by atoms with E-state index in [1.807, 2.05) is 31.2 Å². The number of ether oxygens (including phenoxy) is 2. The molecule has 0 heterocycles. The molecule has 0 radical (unpaired) electrons. The molecule has 2 rings (SSSR count). The first-order chi connectivity index (χ1) is 9.72. The lowest BCUT2D eigenvalue weighted by Gasteiger charge is -2.29. The molecule has 1 aromatic rings. The van der Waals surface area contributed by atoms with Gasteiger partial charge in [-0.1, -0.05) is 6.42 Å². The molecular formula is C16H23NO3. The molecule has 0 bridgehead atoms. The second kappa shape index (κ2) is 7.17. The van der Waals surface area contributed by atoms with Gasteiger partial charge in [-0.15, -0.1) is 0 Å². The summed E-state index contributed by atoms with van der Waals surface area (Å²) in [6.45, 7) is 2.32. The second-order valence-electron chi connectivity index (χ2n) is 5.19. The van der Waals surface area contributed by atoms with E-state index in [2.05, 4.69) is 5.32 Å². The summed E-state index contributed by atoms with van der Waals surface area (Å²) in [6.07, 6.45) is 3.96. The van der Waals surface area contributed by atoms with Crippen LogP contribution in [0.1, 0.15) is 32.6 Å². The number of benzene rings is 1. The minimum atomic E-state index is -0.0475. The quantitative estimate of drug-likeness (QED) is 0.839. The van der Waals surface area contributed by atoms with Gasteiger partial charge >= 0.3 is 5.97 Å². The number of hydrogen-bond acceptors (Lipinski definition) is 4. The Labute approximate surface area is 120 Å². The zero-order valence-electron chi connectivity index (χ0n) is 12.2. The Bertz CT molecular complexity index is 430. The fourth-order valence-corrected chi connectivity index (χ4v) is 2.72. The van der Waals surface area contributed by atoms with Gasteiger partial charge in [0.15, 0.2) is 0 Å². The van der Waals surface area contributed by atoms with Gasteiger partial charge in [0.1, 0.15) is 5.75 Å². The second-order valence-corrected chi connectivity index (χ2v) is 5.19. The fraction of sp³-hybridized carbons (Fsp3) is 0.562. The maximum Gasteiger partial charge on any atom is 0.308 e. The van der Waals surface area contributed by atoms with Gasteiger partial charge in [0.25, 0.3) is 0 Å². The van der Waals surface area contributed by atoms with Crippen LogP contribution >= 0.6 is 0 Å². The third-order valence-electron chi connectivity index (χ3n) is 3.75. The molecule has 1 aromatic carbocycles. The summed E-state index contributed by atoms with van der Waals surface area (Å²) in [4.78, 5) is 11.8. The molecule has 2 unspecified atom stereocenters. The van der Waals surface area contributed by atoms with Crippen LogP contribution < -0.4 is 10.1 Å². The van der Waals surface area contributed by atoms with Crippen LogP contribution in [0.4, 0.5) is 5.69 Å². The number of carbonyl (C=O) groups excluding carboxylic acids is 1. The summed E-state index contributed by atoms with van der Waals surface area (Å²) >= 11 is 0. The van der Waals surface area contributed by atoms with Gasteiger partial charge in [-0.3, -0.25) is 4.79 Å². The first kappa shape index (κ1) is 14.7. The fourth-order valence-electron chi connectivity index (χ4n) is 2.72. The predicted molar refractivity (Wildman–Crippen MR) is 79.0 cm³/mol. The number of esters is 1. The Morgan fingerprint density at radius 2 is 2.05 bits per heavy atom. The van der Waals surface area contributed by atoms with Crippen LogP contribution in [-0.2, 0) is 9.53 Å². The van der Waals surface area contributed by atoms with E-state index in [0.29, 0.717) is 12.6 Å². The molecule has 20 heavy (non-hydrogen) atoms. The number of methoxy groups -OCH3 is 1. The Morgan fingerprint density at radius 3 is 2.70 bits per heavy atom. The lowest BCUT2D eigenvalue weighted by Crippen LogP contribution is -2.32. The summed E-state index contributed by atoms with van der Waals surface area (Å²) in [5.41, 5.74) is 1.07. The highest BCUT2D eigenvalue weighted by atomic mass is 16.5. The molecule has 1 aliphatic carbocycles. The molecular weight excluding hydrogens is 254 g/mol. The molecule has 1 fully saturated rings. The molecule has 2 atom stereocenters. The van der Waals surface area contributed by atoms with Crippen molar-refractivity contribution < 1.29 is 14.3 Å². The van der Waals surface area contributed by atoms with E-state index < -0.39 is 0 Å². The van der Waals surface area contributed by atoms with Crippen LogP contribution in [0, 0.1) is 5.92 Å². The highest BCUT2D eigenvalue weighted by Gasteiger charge is 2.28. The maximum absolute atomic E-state index is 11.8. The highest BCUT2D eigenvalue weighted by molar-refractivity contribution is 5.72. The molecule has 1 N–H and O–H groups in total. The van der Waals surface area contributed by atoms with E-state index in [1.165, 1.54) is 0 Å². The zero-order chi connectivity index (χ0) is 14.4. The van der Waals surface area contributed by atoms with Crippen molar-refractivity contribution in [1.82, 2.24) is 0 Å². The number of nitrogens with one attached hydrogen (secondary N) is 1. The Morgan fingerprint density at radius 1 is 1.30 bits per heavy atom. The summed E-state index contributed by atoms with van der Waals surface area (Å²) in [6, 6.07) is 8.23. The molecule has 1 aliphatic rings. The van der Waals surface area contributed by atoms with Crippen molar-refractivity contribution >= 4 is 11.7 Å². The van der Waals surface area contributed by atoms with Crippen LogP contribution in [0.25, 0.3) is 0 Å². The van der Waals surface area contributed by atoms with Crippen LogP contribution in [0.15, 0.2) is 24.3 Å².